The van der Waals surface area contributed by atoms with E-state index in [4.69, 9.17) is 21.3 Å². The van der Waals surface area contributed by atoms with Crippen LogP contribution in [0.5, 0.6) is 5.75 Å². The molecule has 25 heavy (non-hydrogen) atoms. The second kappa shape index (κ2) is 7.99. The molecule has 128 valence electrons. The SMILES string of the molecule is CCOc1ccc(Nc2nc(-c3ccccc3)nc(C)c2CCl)cc1. The summed E-state index contributed by atoms with van der Waals surface area (Å²) in [7, 11) is 0. The minimum atomic E-state index is 0.347. The molecule has 1 heterocycles. The Labute approximate surface area is 152 Å². The van der Waals surface area contributed by atoms with Crippen molar-refractivity contribution >= 4 is 23.1 Å². The van der Waals surface area contributed by atoms with E-state index in [-0.39, 0.29) is 0 Å². The van der Waals surface area contributed by atoms with Crippen molar-refractivity contribution in [3.63, 3.8) is 0 Å². The van der Waals surface area contributed by atoms with Crippen molar-refractivity contribution in [2.45, 2.75) is 19.7 Å². The molecule has 0 aliphatic heterocycles. The van der Waals surface area contributed by atoms with Crippen LogP contribution in [0.25, 0.3) is 11.4 Å². The molecule has 0 radical (unpaired) electrons. The maximum absolute atomic E-state index is 6.13. The fourth-order valence-corrected chi connectivity index (χ4v) is 2.83. The maximum atomic E-state index is 6.13. The van der Waals surface area contributed by atoms with Crippen LogP contribution in [0.3, 0.4) is 0 Å². The van der Waals surface area contributed by atoms with E-state index in [0.717, 1.165) is 34.1 Å². The first-order valence-corrected chi connectivity index (χ1v) is 8.73. The van der Waals surface area contributed by atoms with Crippen molar-refractivity contribution in [3.8, 4) is 17.1 Å². The maximum Gasteiger partial charge on any atom is 0.161 e. The van der Waals surface area contributed by atoms with Crippen LogP contribution in [0.2, 0.25) is 0 Å². The topological polar surface area (TPSA) is 47.0 Å². The van der Waals surface area contributed by atoms with Gasteiger partial charge >= 0.3 is 0 Å². The molecule has 3 rings (SSSR count). The third-order valence-corrected chi connectivity index (χ3v) is 4.07. The second-order valence-corrected chi connectivity index (χ2v) is 5.81. The highest BCUT2D eigenvalue weighted by Gasteiger charge is 2.12. The Morgan fingerprint density at radius 1 is 1.00 bits per heavy atom. The zero-order valence-corrected chi connectivity index (χ0v) is 15.0. The fourth-order valence-electron chi connectivity index (χ4n) is 2.51. The van der Waals surface area contributed by atoms with Crippen LogP contribution in [0.1, 0.15) is 18.2 Å². The summed E-state index contributed by atoms with van der Waals surface area (Å²) in [6, 6.07) is 17.7. The Morgan fingerprint density at radius 3 is 2.36 bits per heavy atom. The van der Waals surface area contributed by atoms with Crippen molar-refractivity contribution in [3.05, 3.63) is 65.9 Å². The number of nitrogens with one attached hydrogen (secondary N) is 1. The van der Waals surface area contributed by atoms with Crippen LogP contribution in [0.15, 0.2) is 54.6 Å². The number of anilines is 2. The van der Waals surface area contributed by atoms with Gasteiger partial charge in [-0.1, -0.05) is 30.3 Å². The van der Waals surface area contributed by atoms with E-state index in [1.165, 1.54) is 0 Å². The Hall–Kier alpha value is -2.59. The molecule has 0 amide bonds. The fraction of sp³-hybridized carbons (Fsp3) is 0.200. The highest BCUT2D eigenvalue weighted by atomic mass is 35.5. The number of benzene rings is 2. The van der Waals surface area contributed by atoms with Gasteiger partial charge < -0.3 is 10.1 Å². The number of aromatic nitrogens is 2. The molecule has 0 atom stereocenters. The van der Waals surface area contributed by atoms with Gasteiger partial charge in [0.2, 0.25) is 0 Å². The Kier molecular flexibility index (Phi) is 5.51. The largest absolute Gasteiger partial charge is 0.494 e. The number of halogens is 1. The number of rotatable bonds is 6. The number of aryl methyl sites for hydroxylation is 1. The van der Waals surface area contributed by atoms with E-state index in [2.05, 4.69) is 10.3 Å². The molecule has 1 aromatic heterocycles. The first kappa shape index (κ1) is 17.2. The van der Waals surface area contributed by atoms with Crippen molar-refractivity contribution in [1.82, 2.24) is 9.97 Å². The van der Waals surface area contributed by atoms with Crippen LogP contribution in [-0.4, -0.2) is 16.6 Å². The monoisotopic (exact) mass is 353 g/mol. The number of hydrogen-bond acceptors (Lipinski definition) is 4. The van der Waals surface area contributed by atoms with Gasteiger partial charge in [-0.3, -0.25) is 0 Å². The lowest BCUT2D eigenvalue weighted by molar-refractivity contribution is 0.340. The summed E-state index contributed by atoms with van der Waals surface area (Å²) < 4.78 is 5.48. The molecule has 0 aliphatic carbocycles. The zero-order valence-electron chi connectivity index (χ0n) is 14.3. The van der Waals surface area contributed by atoms with Gasteiger partial charge in [0.1, 0.15) is 11.6 Å². The van der Waals surface area contributed by atoms with E-state index in [0.29, 0.717) is 18.3 Å². The zero-order chi connectivity index (χ0) is 17.6. The summed E-state index contributed by atoms with van der Waals surface area (Å²) in [6.45, 7) is 4.57. The molecule has 5 heteroatoms. The molecular weight excluding hydrogens is 334 g/mol. The minimum Gasteiger partial charge on any atom is -0.494 e. The smallest absolute Gasteiger partial charge is 0.161 e. The molecule has 4 nitrogen and oxygen atoms in total. The van der Waals surface area contributed by atoms with E-state index >= 15 is 0 Å². The first-order valence-electron chi connectivity index (χ1n) is 8.20. The second-order valence-electron chi connectivity index (χ2n) is 5.54. The van der Waals surface area contributed by atoms with Crippen LogP contribution < -0.4 is 10.1 Å². The van der Waals surface area contributed by atoms with Crippen LogP contribution >= 0.6 is 11.6 Å². The molecule has 3 aromatic rings. The standard InChI is InChI=1S/C20H20ClN3O/c1-3-25-17-11-9-16(10-12-17)23-20-18(13-21)14(2)22-19(24-20)15-7-5-4-6-8-15/h4-12H,3,13H2,1-2H3,(H,22,23,24). The van der Waals surface area contributed by atoms with Crippen LogP contribution in [-0.2, 0) is 5.88 Å². The minimum absolute atomic E-state index is 0.347. The summed E-state index contributed by atoms with van der Waals surface area (Å²) in [6.07, 6.45) is 0. The third kappa shape index (κ3) is 4.09. The van der Waals surface area contributed by atoms with E-state index < -0.39 is 0 Å². The molecule has 0 bridgehead atoms. The summed E-state index contributed by atoms with van der Waals surface area (Å²) in [4.78, 5) is 9.29. The van der Waals surface area contributed by atoms with Gasteiger partial charge in [-0.2, -0.15) is 0 Å². The molecule has 2 aromatic carbocycles. The lowest BCUT2D eigenvalue weighted by Gasteiger charge is -2.14. The van der Waals surface area contributed by atoms with Gasteiger partial charge in [0.05, 0.1) is 12.5 Å². The normalized spacial score (nSPS) is 10.5. The summed E-state index contributed by atoms with van der Waals surface area (Å²) in [5.41, 5.74) is 3.67. The molecular formula is C20H20ClN3O. The lowest BCUT2D eigenvalue weighted by atomic mass is 10.2. The third-order valence-electron chi connectivity index (χ3n) is 3.81. The van der Waals surface area contributed by atoms with E-state index in [1.807, 2.05) is 68.4 Å². The van der Waals surface area contributed by atoms with E-state index in [9.17, 15) is 0 Å². The summed E-state index contributed by atoms with van der Waals surface area (Å²) >= 11 is 6.13. The average Bonchev–Trinajstić information content (AvgIpc) is 2.64. The molecule has 0 fully saturated rings. The van der Waals surface area contributed by atoms with Crippen molar-refractivity contribution in [2.24, 2.45) is 0 Å². The number of ether oxygens (including phenoxy) is 1. The predicted octanol–water partition coefficient (Wildman–Crippen LogP) is 5.33. The average molecular weight is 354 g/mol. The van der Waals surface area contributed by atoms with Gasteiger partial charge in [-0.25, -0.2) is 9.97 Å². The molecule has 0 spiro atoms. The Balaban J connectivity index is 1.95. The van der Waals surface area contributed by atoms with Gasteiger partial charge in [0.15, 0.2) is 5.82 Å². The Bertz CT molecular complexity index is 836. The molecule has 0 unspecified atom stereocenters. The van der Waals surface area contributed by atoms with Crippen molar-refractivity contribution in [2.75, 3.05) is 11.9 Å². The highest BCUT2D eigenvalue weighted by Crippen LogP contribution is 2.27. The lowest BCUT2D eigenvalue weighted by Crippen LogP contribution is -2.04. The van der Waals surface area contributed by atoms with E-state index in [1.54, 1.807) is 0 Å². The number of hydrogen-bond donors (Lipinski definition) is 1. The number of nitrogens with zero attached hydrogens (tertiary/aromatic N) is 2. The van der Waals surface area contributed by atoms with Gasteiger partial charge in [-0.15, -0.1) is 11.6 Å². The number of alkyl halides is 1. The van der Waals surface area contributed by atoms with Crippen LogP contribution in [0, 0.1) is 6.92 Å². The molecule has 0 saturated heterocycles. The highest BCUT2D eigenvalue weighted by molar-refractivity contribution is 6.17. The first-order chi connectivity index (χ1) is 12.2. The van der Waals surface area contributed by atoms with Crippen molar-refractivity contribution in [1.29, 1.82) is 0 Å². The predicted molar refractivity (Wildman–Crippen MR) is 103 cm³/mol. The summed E-state index contributed by atoms with van der Waals surface area (Å²) in [5, 5.41) is 3.35. The Morgan fingerprint density at radius 2 is 1.72 bits per heavy atom. The molecule has 1 N–H and O–H groups in total. The van der Waals surface area contributed by atoms with Crippen molar-refractivity contribution < 1.29 is 4.74 Å². The van der Waals surface area contributed by atoms with Gasteiger partial charge in [0, 0.05) is 22.5 Å². The quantitative estimate of drug-likeness (QED) is 0.608. The molecule has 0 aliphatic rings. The summed E-state index contributed by atoms with van der Waals surface area (Å²) in [5.74, 6) is 2.60. The van der Waals surface area contributed by atoms with Gasteiger partial charge in [-0.05, 0) is 38.1 Å². The van der Waals surface area contributed by atoms with Crippen LogP contribution in [0.4, 0.5) is 11.5 Å². The van der Waals surface area contributed by atoms with Gasteiger partial charge in [0.25, 0.3) is 0 Å². The molecule has 0 saturated carbocycles.